The molecule has 29 heavy (non-hydrogen) atoms. The van der Waals surface area contributed by atoms with Crippen molar-refractivity contribution in [2.24, 2.45) is 0 Å². The van der Waals surface area contributed by atoms with Crippen LogP contribution in [0.3, 0.4) is 0 Å². The monoisotopic (exact) mass is 420 g/mol. The number of hydrogen-bond donors (Lipinski definition) is 1. The molecule has 3 aromatic rings. The Kier molecular flexibility index (Phi) is 5.50. The molecular formula is C18H17FN4O5S. The van der Waals surface area contributed by atoms with Crippen LogP contribution in [0.4, 0.5) is 9.18 Å². The van der Waals surface area contributed by atoms with E-state index >= 15 is 0 Å². The summed E-state index contributed by atoms with van der Waals surface area (Å²) in [5, 5.41) is 12.9. The summed E-state index contributed by atoms with van der Waals surface area (Å²) >= 11 is 0. The third-order valence-corrected chi connectivity index (χ3v) is 5.74. The van der Waals surface area contributed by atoms with E-state index in [1.54, 1.807) is 0 Å². The van der Waals surface area contributed by atoms with E-state index in [9.17, 15) is 17.6 Å². The summed E-state index contributed by atoms with van der Waals surface area (Å²) in [6.45, 7) is -0.180. The maximum atomic E-state index is 14.4. The molecule has 0 fully saturated rings. The highest BCUT2D eigenvalue weighted by atomic mass is 32.2. The molecular weight excluding hydrogens is 403 g/mol. The molecule has 3 rings (SSSR count). The fourth-order valence-corrected chi connectivity index (χ4v) is 3.89. The normalized spacial score (nSPS) is 11.3. The Hall–Kier alpha value is -3.47. The molecule has 0 bridgehead atoms. The number of halogens is 1. The first-order valence-electron chi connectivity index (χ1n) is 8.27. The van der Waals surface area contributed by atoms with Crippen LogP contribution in [0.5, 0.6) is 5.88 Å². The predicted molar refractivity (Wildman–Crippen MR) is 99.3 cm³/mol. The first kappa shape index (κ1) is 20.3. The van der Waals surface area contributed by atoms with E-state index in [4.69, 9.17) is 9.84 Å². The molecule has 1 N–H and O–H groups in total. The molecule has 2 heterocycles. The van der Waals surface area contributed by atoms with Crippen molar-refractivity contribution in [3.8, 4) is 11.6 Å². The first-order valence-corrected chi connectivity index (χ1v) is 9.75. The van der Waals surface area contributed by atoms with Crippen molar-refractivity contribution in [1.82, 2.24) is 19.7 Å². The zero-order valence-corrected chi connectivity index (χ0v) is 16.3. The Bertz CT molecular complexity index is 1150. The van der Waals surface area contributed by atoms with Gasteiger partial charge in [0.05, 0.1) is 24.2 Å². The van der Waals surface area contributed by atoms with Gasteiger partial charge in [-0.25, -0.2) is 27.3 Å². The second kappa shape index (κ2) is 7.87. The lowest BCUT2D eigenvalue weighted by Gasteiger charge is -2.10. The molecule has 0 saturated carbocycles. The SMILES string of the molecule is COc1ccc(S(=O)(=O)c2cc(CN(C)C(=O)O)nn2-c2ccccc2F)cn1. The molecule has 1 amide bonds. The Morgan fingerprint density at radius 1 is 1.28 bits per heavy atom. The zero-order valence-electron chi connectivity index (χ0n) is 15.5. The van der Waals surface area contributed by atoms with Crippen molar-refractivity contribution in [2.75, 3.05) is 14.2 Å². The number of hydrogen-bond acceptors (Lipinski definition) is 6. The fraction of sp³-hybridized carbons (Fsp3) is 0.167. The minimum Gasteiger partial charge on any atom is -0.481 e. The summed E-state index contributed by atoms with van der Waals surface area (Å²) < 4.78 is 46.6. The largest absolute Gasteiger partial charge is 0.481 e. The summed E-state index contributed by atoms with van der Waals surface area (Å²) in [7, 11) is -1.44. The summed E-state index contributed by atoms with van der Waals surface area (Å²) in [5.74, 6) is -0.451. The Balaban J connectivity index is 2.16. The van der Waals surface area contributed by atoms with Crippen molar-refractivity contribution >= 4 is 15.9 Å². The Morgan fingerprint density at radius 3 is 2.59 bits per heavy atom. The molecule has 0 spiro atoms. The Morgan fingerprint density at radius 2 is 2.00 bits per heavy atom. The summed E-state index contributed by atoms with van der Waals surface area (Å²) in [6, 6.07) is 9.45. The number of sulfone groups is 1. The van der Waals surface area contributed by atoms with Gasteiger partial charge in [-0.3, -0.25) is 0 Å². The van der Waals surface area contributed by atoms with E-state index < -0.39 is 21.7 Å². The van der Waals surface area contributed by atoms with Gasteiger partial charge in [0.15, 0.2) is 5.03 Å². The molecule has 0 aliphatic heterocycles. The molecule has 0 aliphatic carbocycles. The van der Waals surface area contributed by atoms with E-state index in [-0.39, 0.29) is 33.7 Å². The van der Waals surface area contributed by atoms with Crippen LogP contribution >= 0.6 is 0 Å². The standard InChI is InChI=1S/C18H17FN4O5S/c1-22(18(24)25)11-12-9-17(23(21-12)15-6-4-3-5-14(15)19)29(26,27)13-7-8-16(28-2)20-10-13/h3-10H,11H2,1-2H3,(H,24,25). The van der Waals surface area contributed by atoms with Gasteiger partial charge in [-0.05, 0) is 18.2 Å². The highest BCUT2D eigenvalue weighted by molar-refractivity contribution is 7.91. The molecule has 1 aromatic carbocycles. The number of rotatable bonds is 6. The van der Waals surface area contributed by atoms with Crippen molar-refractivity contribution in [3.05, 3.63) is 60.2 Å². The number of benzene rings is 1. The first-order chi connectivity index (χ1) is 13.7. The van der Waals surface area contributed by atoms with Crippen LogP contribution < -0.4 is 4.74 Å². The van der Waals surface area contributed by atoms with Crippen molar-refractivity contribution in [1.29, 1.82) is 0 Å². The van der Waals surface area contributed by atoms with Gasteiger partial charge in [-0.1, -0.05) is 12.1 Å². The lowest BCUT2D eigenvalue weighted by atomic mass is 10.3. The third-order valence-electron chi connectivity index (χ3n) is 4.04. The van der Waals surface area contributed by atoms with Crippen LogP contribution in [0.2, 0.25) is 0 Å². The van der Waals surface area contributed by atoms with Crippen LogP contribution in [0.15, 0.2) is 58.6 Å². The number of amides is 1. The number of aromatic nitrogens is 3. The third kappa shape index (κ3) is 4.04. The second-order valence-corrected chi connectivity index (χ2v) is 7.91. The van der Waals surface area contributed by atoms with E-state index in [1.807, 2.05) is 0 Å². The molecule has 0 aliphatic rings. The predicted octanol–water partition coefficient (Wildman–Crippen LogP) is 2.36. The van der Waals surface area contributed by atoms with Gasteiger partial charge in [0, 0.05) is 25.4 Å². The zero-order chi connectivity index (χ0) is 21.2. The van der Waals surface area contributed by atoms with Gasteiger partial charge in [0.25, 0.3) is 0 Å². The number of pyridine rings is 1. The Labute approximate surface area is 165 Å². The maximum absolute atomic E-state index is 14.4. The van der Waals surface area contributed by atoms with Crippen LogP contribution in [0, 0.1) is 5.82 Å². The van der Waals surface area contributed by atoms with Gasteiger partial charge >= 0.3 is 6.09 Å². The van der Waals surface area contributed by atoms with E-state index in [0.717, 1.165) is 15.8 Å². The van der Waals surface area contributed by atoms with Gasteiger partial charge in [-0.2, -0.15) is 5.10 Å². The quantitative estimate of drug-likeness (QED) is 0.651. The minimum atomic E-state index is -4.14. The molecule has 152 valence electrons. The summed E-state index contributed by atoms with van der Waals surface area (Å²) in [6.07, 6.45) is -0.0928. The number of carboxylic acid groups (broad SMARTS) is 1. The molecule has 0 radical (unpaired) electrons. The van der Waals surface area contributed by atoms with Crippen molar-refractivity contribution < 1.29 is 27.4 Å². The highest BCUT2D eigenvalue weighted by Crippen LogP contribution is 2.26. The highest BCUT2D eigenvalue weighted by Gasteiger charge is 2.27. The van der Waals surface area contributed by atoms with E-state index in [2.05, 4.69) is 10.1 Å². The average molecular weight is 420 g/mol. The molecule has 11 heteroatoms. The molecule has 0 atom stereocenters. The van der Waals surface area contributed by atoms with Crippen LogP contribution in [0.1, 0.15) is 5.69 Å². The average Bonchev–Trinajstić information content (AvgIpc) is 3.12. The van der Waals surface area contributed by atoms with Crippen LogP contribution in [-0.2, 0) is 16.4 Å². The van der Waals surface area contributed by atoms with E-state index in [0.29, 0.717) is 0 Å². The lowest BCUT2D eigenvalue weighted by molar-refractivity contribution is 0.153. The number of para-hydroxylation sites is 1. The summed E-state index contributed by atoms with van der Waals surface area (Å²) in [5.41, 5.74) is 0.0509. The number of ether oxygens (including phenoxy) is 1. The van der Waals surface area contributed by atoms with Gasteiger partial charge in [0.2, 0.25) is 15.7 Å². The topological polar surface area (TPSA) is 115 Å². The second-order valence-electron chi connectivity index (χ2n) is 6.02. The molecule has 2 aromatic heterocycles. The summed E-state index contributed by atoms with van der Waals surface area (Å²) in [4.78, 5) is 15.8. The minimum absolute atomic E-state index is 0.0863. The molecule has 9 nitrogen and oxygen atoms in total. The number of nitrogens with zero attached hydrogens (tertiary/aromatic N) is 4. The number of methoxy groups -OCH3 is 1. The van der Waals surface area contributed by atoms with Gasteiger partial charge in [0.1, 0.15) is 11.5 Å². The molecule has 0 unspecified atom stereocenters. The molecule has 0 saturated heterocycles. The van der Waals surface area contributed by atoms with Crippen molar-refractivity contribution in [2.45, 2.75) is 16.5 Å². The van der Waals surface area contributed by atoms with Crippen LogP contribution in [0.25, 0.3) is 5.69 Å². The number of carbonyl (C=O) groups is 1. The van der Waals surface area contributed by atoms with Gasteiger partial charge < -0.3 is 14.7 Å². The van der Waals surface area contributed by atoms with Crippen molar-refractivity contribution in [3.63, 3.8) is 0 Å². The van der Waals surface area contributed by atoms with E-state index in [1.165, 1.54) is 56.6 Å². The fourth-order valence-electron chi connectivity index (χ4n) is 2.55. The maximum Gasteiger partial charge on any atom is 0.407 e. The lowest BCUT2D eigenvalue weighted by Crippen LogP contribution is -2.24. The van der Waals surface area contributed by atoms with Gasteiger partial charge in [-0.15, -0.1) is 0 Å². The smallest absolute Gasteiger partial charge is 0.407 e. The van der Waals surface area contributed by atoms with Crippen LogP contribution in [-0.4, -0.2) is 53.4 Å².